The molecule has 1 amide bonds. The van der Waals surface area contributed by atoms with Crippen molar-refractivity contribution in [1.29, 1.82) is 0 Å². The van der Waals surface area contributed by atoms with Crippen LogP contribution in [0.1, 0.15) is 45.0 Å². The number of aromatic nitrogens is 1. The Bertz CT molecular complexity index is 767. The third-order valence-electron chi connectivity index (χ3n) is 6.93. The molecule has 4 rings (SSSR count). The summed E-state index contributed by atoms with van der Waals surface area (Å²) in [6, 6.07) is 8.55. The first-order valence-electron chi connectivity index (χ1n) is 9.12. The number of thiazole rings is 1. The fraction of sp³-hybridized carbons (Fsp3) is 0.600. The van der Waals surface area contributed by atoms with Crippen molar-refractivity contribution in [3.63, 3.8) is 0 Å². The highest BCUT2D eigenvalue weighted by atomic mass is 32.2. The number of thioether (sulfide) groups is 1. The number of hydrogen-bond donors (Lipinski definition) is 1. The minimum Gasteiger partial charge on any atom is -0.352 e. The Morgan fingerprint density at radius 1 is 1.36 bits per heavy atom. The summed E-state index contributed by atoms with van der Waals surface area (Å²) in [4.78, 5) is 17.1. The first-order chi connectivity index (χ1) is 11.9. The van der Waals surface area contributed by atoms with E-state index in [-0.39, 0.29) is 11.3 Å². The Balaban J connectivity index is 1.30. The van der Waals surface area contributed by atoms with Crippen LogP contribution in [-0.2, 0) is 10.5 Å². The minimum absolute atomic E-state index is 0.181. The van der Waals surface area contributed by atoms with Crippen LogP contribution >= 0.6 is 23.1 Å². The van der Waals surface area contributed by atoms with Crippen molar-refractivity contribution in [3.8, 4) is 0 Å². The monoisotopic (exact) mass is 374 g/mol. The smallest absolute Gasteiger partial charge is 0.230 e. The highest BCUT2D eigenvalue weighted by molar-refractivity contribution is 7.99. The number of para-hydroxylation sites is 1. The molecule has 2 aromatic rings. The average molecular weight is 375 g/mol. The fourth-order valence-corrected chi connectivity index (χ4v) is 6.73. The topological polar surface area (TPSA) is 42.0 Å². The highest BCUT2D eigenvalue weighted by Gasteiger charge is 2.61. The van der Waals surface area contributed by atoms with Gasteiger partial charge in [-0.15, -0.1) is 23.1 Å². The van der Waals surface area contributed by atoms with Gasteiger partial charge in [-0.2, -0.15) is 0 Å². The minimum atomic E-state index is 0.181. The molecule has 2 bridgehead atoms. The molecule has 2 saturated carbocycles. The fourth-order valence-electron chi connectivity index (χ4n) is 4.87. The zero-order valence-corrected chi connectivity index (χ0v) is 16.8. The van der Waals surface area contributed by atoms with Gasteiger partial charge in [0.15, 0.2) is 0 Å². The maximum atomic E-state index is 12.4. The van der Waals surface area contributed by atoms with E-state index in [2.05, 4.69) is 37.1 Å². The largest absolute Gasteiger partial charge is 0.352 e. The summed E-state index contributed by atoms with van der Waals surface area (Å²) in [6.07, 6.45) is 3.72. The van der Waals surface area contributed by atoms with Crippen LogP contribution in [-0.4, -0.2) is 22.7 Å². The average Bonchev–Trinajstić information content (AvgIpc) is 3.13. The second-order valence-electron chi connectivity index (χ2n) is 8.30. The standard InChI is InChI=1S/C20H26N2OS2/c1-19(2)13-8-9-20(19,3)16(10-13)22-17(23)11-24-12-18-21-14-6-4-5-7-15(14)25-18/h4-7,13,16H,8-12H2,1-3H3,(H,22,23). The Morgan fingerprint density at radius 2 is 2.16 bits per heavy atom. The number of hydrogen-bond acceptors (Lipinski definition) is 4. The maximum absolute atomic E-state index is 12.4. The van der Waals surface area contributed by atoms with Gasteiger partial charge in [0, 0.05) is 11.8 Å². The maximum Gasteiger partial charge on any atom is 0.230 e. The van der Waals surface area contributed by atoms with Gasteiger partial charge >= 0.3 is 0 Å². The molecule has 3 nitrogen and oxygen atoms in total. The molecular formula is C20H26N2OS2. The van der Waals surface area contributed by atoms with Crippen molar-refractivity contribution >= 4 is 39.2 Å². The molecule has 0 saturated heterocycles. The first kappa shape index (κ1) is 17.3. The zero-order valence-electron chi connectivity index (χ0n) is 15.2. The number of amides is 1. The number of nitrogens with one attached hydrogen (secondary N) is 1. The second kappa shape index (κ2) is 6.27. The summed E-state index contributed by atoms with van der Waals surface area (Å²) in [5.41, 5.74) is 1.66. The summed E-state index contributed by atoms with van der Waals surface area (Å²) in [5.74, 6) is 2.27. The van der Waals surface area contributed by atoms with Gasteiger partial charge in [-0.25, -0.2) is 4.98 Å². The highest BCUT2D eigenvalue weighted by Crippen LogP contribution is 2.65. The number of rotatable bonds is 5. The molecule has 25 heavy (non-hydrogen) atoms. The Labute approximate surface area is 158 Å². The molecule has 2 fully saturated rings. The first-order valence-corrected chi connectivity index (χ1v) is 11.1. The Hall–Kier alpha value is -1.07. The van der Waals surface area contributed by atoms with Crippen LogP contribution in [0.3, 0.4) is 0 Å². The van der Waals surface area contributed by atoms with E-state index in [0.29, 0.717) is 17.2 Å². The third-order valence-corrected chi connectivity index (χ3v) is 9.09. The lowest BCUT2D eigenvalue weighted by Crippen LogP contribution is -2.47. The van der Waals surface area contributed by atoms with Crippen molar-refractivity contribution in [1.82, 2.24) is 10.3 Å². The van der Waals surface area contributed by atoms with E-state index < -0.39 is 0 Å². The van der Waals surface area contributed by atoms with Gasteiger partial charge in [0.25, 0.3) is 0 Å². The lowest BCUT2D eigenvalue weighted by atomic mass is 9.69. The van der Waals surface area contributed by atoms with Gasteiger partial charge in [-0.3, -0.25) is 4.79 Å². The van der Waals surface area contributed by atoms with Crippen LogP contribution in [0.15, 0.2) is 24.3 Å². The van der Waals surface area contributed by atoms with E-state index in [1.54, 1.807) is 23.1 Å². The molecule has 0 radical (unpaired) electrons. The summed E-state index contributed by atoms with van der Waals surface area (Å²) in [5, 5.41) is 4.45. The van der Waals surface area contributed by atoms with E-state index in [4.69, 9.17) is 0 Å². The molecule has 3 atom stereocenters. The summed E-state index contributed by atoms with van der Waals surface area (Å²) < 4.78 is 1.22. The van der Waals surface area contributed by atoms with Crippen molar-refractivity contribution in [2.75, 3.05) is 5.75 Å². The van der Waals surface area contributed by atoms with Gasteiger partial charge in [0.2, 0.25) is 5.91 Å². The van der Waals surface area contributed by atoms with E-state index in [9.17, 15) is 4.79 Å². The molecule has 0 aliphatic heterocycles. The van der Waals surface area contributed by atoms with Gasteiger partial charge < -0.3 is 5.32 Å². The normalized spacial score (nSPS) is 30.0. The molecule has 2 aliphatic rings. The molecular weight excluding hydrogens is 348 g/mol. The van der Waals surface area contributed by atoms with E-state index >= 15 is 0 Å². The Kier molecular flexibility index (Phi) is 4.35. The Morgan fingerprint density at radius 3 is 2.84 bits per heavy atom. The summed E-state index contributed by atoms with van der Waals surface area (Å²) in [7, 11) is 0. The van der Waals surface area contributed by atoms with Crippen molar-refractivity contribution in [2.24, 2.45) is 16.7 Å². The number of fused-ring (bicyclic) bond motifs is 3. The predicted octanol–water partition coefficient (Wildman–Crippen LogP) is 4.86. The third kappa shape index (κ3) is 2.89. The second-order valence-corrected chi connectivity index (χ2v) is 10.4. The van der Waals surface area contributed by atoms with Gasteiger partial charge in [-0.05, 0) is 48.1 Å². The number of carbonyl (C=O) groups excluding carboxylic acids is 1. The molecule has 134 valence electrons. The van der Waals surface area contributed by atoms with Gasteiger partial charge in [0.1, 0.15) is 5.01 Å². The van der Waals surface area contributed by atoms with Crippen molar-refractivity contribution in [2.45, 2.75) is 51.8 Å². The van der Waals surface area contributed by atoms with Crippen LogP contribution in [0.25, 0.3) is 10.2 Å². The lowest BCUT2D eigenvalue weighted by molar-refractivity contribution is -0.120. The molecule has 1 heterocycles. The summed E-state index contributed by atoms with van der Waals surface area (Å²) in [6.45, 7) is 7.15. The molecule has 2 aliphatic carbocycles. The molecule has 3 unspecified atom stereocenters. The molecule has 0 spiro atoms. The number of benzene rings is 1. The van der Waals surface area contributed by atoms with Crippen LogP contribution in [0.4, 0.5) is 0 Å². The van der Waals surface area contributed by atoms with Crippen LogP contribution in [0.5, 0.6) is 0 Å². The van der Waals surface area contributed by atoms with Crippen LogP contribution in [0.2, 0.25) is 0 Å². The predicted molar refractivity (Wildman–Crippen MR) is 107 cm³/mol. The van der Waals surface area contributed by atoms with E-state index in [0.717, 1.165) is 28.6 Å². The van der Waals surface area contributed by atoms with E-state index in [1.807, 2.05) is 18.2 Å². The molecule has 1 aromatic carbocycles. The lowest BCUT2D eigenvalue weighted by Gasteiger charge is -2.39. The number of carbonyl (C=O) groups is 1. The SMILES string of the molecule is CC1(C)C2CCC1(C)C(NC(=O)CSCc1nc3ccccc3s1)C2. The molecule has 5 heteroatoms. The van der Waals surface area contributed by atoms with Gasteiger partial charge in [0.05, 0.1) is 16.0 Å². The quantitative estimate of drug-likeness (QED) is 0.812. The summed E-state index contributed by atoms with van der Waals surface area (Å²) >= 11 is 3.39. The van der Waals surface area contributed by atoms with Crippen molar-refractivity contribution < 1.29 is 4.79 Å². The van der Waals surface area contributed by atoms with Gasteiger partial charge in [-0.1, -0.05) is 32.9 Å². The van der Waals surface area contributed by atoms with E-state index in [1.165, 1.54) is 17.5 Å². The van der Waals surface area contributed by atoms with Crippen LogP contribution < -0.4 is 5.32 Å². The van der Waals surface area contributed by atoms with Crippen molar-refractivity contribution in [3.05, 3.63) is 29.3 Å². The molecule has 1 aromatic heterocycles. The zero-order chi connectivity index (χ0) is 17.7. The molecule has 1 N–H and O–H groups in total. The number of nitrogens with zero attached hydrogens (tertiary/aromatic N) is 1. The van der Waals surface area contributed by atoms with Crippen LogP contribution in [0, 0.1) is 16.7 Å².